The maximum Gasteiger partial charge on any atom is 0.309 e. The molecule has 1 aromatic rings. The minimum absolute atomic E-state index is 0.255. The highest BCUT2D eigenvalue weighted by atomic mass is 16.5. The smallest absolute Gasteiger partial charge is 0.309 e. The molecule has 96 valence electrons. The fourth-order valence-corrected chi connectivity index (χ4v) is 1.82. The summed E-state index contributed by atoms with van der Waals surface area (Å²) >= 11 is 0. The van der Waals surface area contributed by atoms with Crippen LogP contribution in [0.25, 0.3) is 0 Å². The number of carbonyl (C=O) groups excluding carboxylic acids is 2. The van der Waals surface area contributed by atoms with Crippen molar-refractivity contribution in [1.29, 1.82) is 0 Å². The molecule has 1 unspecified atom stereocenters. The van der Waals surface area contributed by atoms with Crippen LogP contribution in [0.15, 0.2) is 18.2 Å². The molecule has 1 atom stereocenters. The van der Waals surface area contributed by atoms with Gasteiger partial charge in [0.25, 0.3) is 0 Å². The summed E-state index contributed by atoms with van der Waals surface area (Å²) in [7, 11) is 3.10. The highest BCUT2D eigenvalue weighted by Gasteiger charge is 2.26. The maximum absolute atomic E-state index is 11.3. The molecule has 1 heterocycles. The van der Waals surface area contributed by atoms with Crippen molar-refractivity contribution in [3.8, 4) is 11.5 Å². The molecule has 0 aromatic heterocycles. The first kappa shape index (κ1) is 12.2. The molecule has 6 heteroatoms. The van der Waals surface area contributed by atoms with Gasteiger partial charge in [-0.1, -0.05) is 6.07 Å². The largest absolute Gasteiger partial charge is 0.493 e. The number of rotatable bonds is 3. The van der Waals surface area contributed by atoms with Crippen molar-refractivity contribution in [3.05, 3.63) is 23.8 Å². The summed E-state index contributed by atoms with van der Waals surface area (Å²) in [5, 5.41) is 5.15. The minimum atomic E-state index is -0.624. The number of hydrogen-bond acceptors (Lipinski definition) is 4. The average Bonchev–Trinajstić information content (AvgIpc) is 2.41. The van der Waals surface area contributed by atoms with E-state index in [1.165, 1.54) is 0 Å². The first-order valence-corrected chi connectivity index (χ1v) is 5.46. The van der Waals surface area contributed by atoms with Crippen LogP contribution in [0.5, 0.6) is 11.5 Å². The fraction of sp³-hybridized carbons (Fsp3) is 0.333. The van der Waals surface area contributed by atoms with E-state index in [1.54, 1.807) is 26.4 Å². The lowest BCUT2D eigenvalue weighted by Crippen LogP contribution is -2.51. The summed E-state index contributed by atoms with van der Waals surface area (Å²) in [6, 6.07) is 5.11. The molecule has 1 aromatic carbocycles. The van der Waals surface area contributed by atoms with E-state index in [-0.39, 0.29) is 6.04 Å². The lowest BCUT2D eigenvalue weighted by molar-refractivity contribution is -0.141. The summed E-state index contributed by atoms with van der Waals surface area (Å²) in [6.45, 7) is 0.361. The lowest BCUT2D eigenvalue weighted by Gasteiger charge is -2.24. The summed E-state index contributed by atoms with van der Waals surface area (Å²) in [5.74, 6) is -0.0265. The third-order valence-corrected chi connectivity index (χ3v) is 2.79. The van der Waals surface area contributed by atoms with Gasteiger partial charge in [0, 0.05) is 6.54 Å². The van der Waals surface area contributed by atoms with Crippen LogP contribution in [0.1, 0.15) is 11.6 Å². The maximum atomic E-state index is 11.3. The van der Waals surface area contributed by atoms with Crippen molar-refractivity contribution >= 4 is 11.8 Å². The standard InChI is InChI=1S/C12H14N2O4/c1-17-9-4-3-7(5-10(9)18-2)8-6-13-11(15)12(16)14-8/h3-5,8H,6H2,1-2H3,(H,13,15)(H,14,16). The molecule has 2 N–H and O–H groups in total. The Bertz CT molecular complexity index is 487. The summed E-state index contributed by atoms with van der Waals surface area (Å²) in [6.07, 6.45) is 0. The van der Waals surface area contributed by atoms with E-state index in [2.05, 4.69) is 10.6 Å². The van der Waals surface area contributed by atoms with Crippen LogP contribution >= 0.6 is 0 Å². The Labute approximate surface area is 104 Å². The van der Waals surface area contributed by atoms with Gasteiger partial charge in [0.1, 0.15) is 0 Å². The molecular weight excluding hydrogens is 236 g/mol. The van der Waals surface area contributed by atoms with E-state index in [0.717, 1.165) is 5.56 Å². The van der Waals surface area contributed by atoms with Crippen molar-refractivity contribution in [2.45, 2.75) is 6.04 Å². The summed E-state index contributed by atoms with van der Waals surface area (Å²) in [4.78, 5) is 22.3. The molecule has 1 aliphatic rings. The first-order valence-electron chi connectivity index (χ1n) is 5.46. The van der Waals surface area contributed by atoms with Gasteiger partial charge in [0.05, 0.1) is 20.3 Å². The van der Waals surface area contributed by atoms with Gasteiger partial charge in [-0.2, -0.15) is 0 Å². The molecule has 0 bridgehead atoms. The van der Waals surface area contributed by atoms with Crippen molar-refractivity contribution in [1.82, 2.24) is 10.6 Å². The number of nitrogens with one attached hydrogen (secondary N) is 2. The zero-order chi connectivity index (χ0) is 13.1. The Hall–Kier alpha value is -2.24. The van der Waals surface area contributed by atoms with Crippen LogP contribution in [0.4, 0.5) is 0 Å². The number of carbonyl (C=O) groups is 2. The molecule has 6 nitrogen and oxygen atoms in total. The number of amides is 2. The van der Waals surface area contributed by atoms with Gasteiger partial charge in [0.15, 0.2) is 11.5 Å². The van der Waals surface area contributed by atoms with E-state index in [4.69, 9.17) is 9.47 Å². The van der Waals surface area contributed by atoms with E-state index in [1.807, 2.05) is 6.07 Å². The Morgan fingerprint density at radius 1 is 1.11 bits per heavy atom. The Balaban J connectivity index is 2.23. The molecule has 2 amide bonds. The quantitative estimate of drug-likeness (QED) is 0.740. The highest BCUT2D eigenvalue weighted by Crippen LogP contribution is 2.30. The minimum Gasteiger partial charge on any atom is -0.493 e. The SMILES string of the molecule is COc1ccc(C2CNC(=O)C(=O)N2)cc1OC. The number of methoxy groups -OCH3 is 2. The summed E-state index contributed by atoms with van der Waals surface area (Å²) < 4.78 is 10.3. The zero-order valence-corrected chi connectivity index (χ0v) is 10.1. The molecule has 1 fully saturated rings. The first-order chi connectivity index (χ1) is 8.65. The molecule has 0 radical (unpaired) electrons. The second-order valence-electron chi connectivity index (χ2n) is 3.85. The topological polar surface area (TPSA) is 76.7 Å². The predicted molar refractivity (Wildman–Crippen MR) is 63.4 cm³/mol. The number of ether oxygens (including phenoxy) is 2. The van der Waals surface area contributed by atoms with Gasteiger partial charge in [0.2, 0.25) is 0 Å². The summed E-state index contributed by atoms with van der Waals surface area (Å²) in [5.41, 5.74) is 0.848. The van der Waals surface area contributed by atoms with Gasteiger partial charge in [-0.05, 0) is 17.7 Å². The number of piperazine rings is 1. The normalized spacial score (nSPS) is 18.9. The van der Waals surface area contributed by atoms with Crippen LogP contribution in [0, 0.1) is 0 Å². The van der Waals surface area contributed by atoms with Crippen molar-refractivity contribution in [2.24, 2.45) is 0 Å². The van der Waals surface area contributed by atoms with Gasteiger partial charge in [-0.25, -0.2) is 0 Å². The third kappa shape index (κ3) is 2.22. The Morgan fingerprint density at radius 2 is 1.83 bits per heavy atom. The van der Waals surface area contributed by atoms with E-state index in [9.17, 15) is 9.59 Å². The molecule has 2 rings (SSSR count). The second kappa shape index (κ2) is 4.95. The Kier molecular flexibility index (Phi) is 3.36. The van der Waals surface area contributed by atoms with Crippen LogP contribution in [0.3, 0.4) is 0 Å². The number of benzene rings is 1. The molecule has 1 aliphatic heterocycles. The molecule has 0 saturated carbocycles. The third-order valence-electron chi connectivity index (χ3n) is 2.79. The molecule has 0 aliphatic carbocycles. The van der Waals surface area contributed by atoms with Gasteiger partial charge < -0.3 is 20.1 Å². The Morgan fingerprint density at radius 3 is 2.44 bits per heavy atom. The number of hydrogen-bond donors (Lipinski definition) is 2. The monoisotopic (exact) mass is 250 g/mol. The second-order valence-corrected chi connectivity index (χ2v) is 3.85. The van der Waals surface area contributed by atoms with E-state index >= 15 is 0 Å². The van der Waals surface area contributed by atoms with Gasteiger partial charge in [-0.15, -0.1) is 0 Å². The van der Waals surface area contributed by atoms with Crippen LogP contribution < -0.4 is 20.1 Å². The molecular formula is C12H14N2O4. The van der Waals surface area contributed by atoms with E-state index in [0.29, 0.717) is 18.0 Å². The van der Waals surface area contributed by atoms with Crippen LogP contribution in [-0.4, -0.2) is 32.6 Å². The molecule has 0 spiro atoms. The zero-order valence-electron chi connectivity index (χ0n) is 10.1. The van der Waals surface area contributed by atoms with Crippen molar-refractivity contribution < 1.29 is 19.1 Å². The predicted octanol–water partition coefficient (Wildman–Crippen LogP) is -0.00910. The lowest BCUT2D eigenvalue weighted by atomic mass is 10.0. The average molecular weight is 250 g/mol. The van der Waals surface area contributed by atoms with Crippen LogP contribution in [-0.2, 0) is 9.59 Å². The fourth-order valence-electron chi connectivity index (χ4n) is 1.82. The van der Waals surface area contributed by atoms with Crippen molar-refractivity contribution in [3.63, 3.8) is 0 Å². The molecule has 1 saturated heterocycles. The highest BCUT2D eigenvalue weighted by molar-refractivity contribution is 6.35. The van der Waals surface area contributed by atoms with E-state index < -0.39 is 11.8 Å². The van der Waals surface area contributed by atoms with Crippen LogP contribution in [0.2, 0.25) is 0 Å². The van der Waals surface area contributed by atoms with Crippen molar-refractivity contribution in [2.75, 3.05) is 20.8 Å². The molecule has 18 heavy (non-hydrogen) atoms. The van der Waals surface area contributed by atoms with Gasteiger partial charge >= 0.3 is 11.8 Å². The van der Waals surface area contributed by atoms with Gasteiger partial charge in [-0.3, -0.25) is 9.59 Å².